The molecule has 0 bridgehead atoms. The van der Waals surface area contributed by atoms with Gasteiger partial charge in [0, 0.05) is 42.2 Å². The van der Waals surface area contributed by atoms with Crippen LogP contribution in [0.1, 0.15) is 22.4 Å². The van der Waals surface area contributed by atoms with Crippen molar-refractivity contribution in [2.75, 3.05) is 25.1 Å². The van der Waals surface area contributed by atoms with Gasteiger partial charge in [0.05, 0.1) is 30.1 Å². The molecule has 0 radical (unpaired) electrons. The molecule has 0 saturated carbocycles. The molecule has 1 atom stereocenters. The molecule has 2 aliphatic heterocycles. The number of fused-ring (bicyclic) bond motifs is 5. The van der Waals surface area contributed by atoms with Crippen molar-refractivity contribution in [2.24, 2.45) is 5.92 Å². The highest BCUT2D eigenvalue weighted by Gasteiger charge is 2.33. The molecule has 2 aromatic heterocycles. The molecule has 0 fully saturated rings. The van der Waals surface area contributed by atoms with E-state index in [1.807, 2.05) is 0 Å². The Bertz CT molecular complexity index is 1300. The maximum absolute atomic E-state index is 13.6. The number of halogens is 3. The van der Waals surface area contributed by atoms with Crippen molar-refractivity contribution in [3.05, 3.63) is 52.7 Å². The number of ether oxygens (including phenoxy) is 1. The van der Waals surface area contributed by atoms with Crippen LogP contribution in [0, 0.1) is 23.1 Å². The summed E-state index contributed by atoms with van der Waals surface area (Å²) in [5, 5.41) is 20.6. The highest BCUT2D eigenvalue weighted by atomic mass is 19.3. The third-order valence-electron chi connectivity index (χ3n) is 6.13. The SMILES string of the molecule is N#Cc1cc(NC(=O)N2CCc3nn4c(c3C2)-c2nocc2CC(COCC(F)F)C4)ccc1F. The van der Waals surface area contributed by atoms with Crippen LogP contribution in [0.15, 0.2) is 29.0 Å². The van der Waals surface area contributed by atoms with E-state index >= 15 is 0 Å². The minimum atomic E-state index is -2.53. The van der Waals surface area contributed by atoms with Crippen molar-refractivity contribution >= 4 is 11.7 Å². The minimum absolute atomic E-state index is 0.0956. The predicted octanol–water partition coefficient (Wildman–Crippen LogP) is 3.59. The Hall–Kier alpha value is -3.85. The summed E-state index contributed by atoms with van der Waals surface area (Å²) in [6.07, 6.45) is 0.0584. The van der Waals surface area contributed by atoms with Crippen molar-refractivity contribution in [2.45, 2.75) is 32.4 Å². The number of alkyl halides is 2. The van der Waals surface area contributed by atoms with Crippen molar-refractivity contribution in [3.8, 4) is 17.5 Å². The number of anilines is 1. The first-order valence-corrected chi connectivity index (χ1v) is 11.1. The summed E-state index contributed by atoms with van der Waals surface area (Å²) in [6.45, 7) is 0.662. The molecular weight excluding hydrogens is 465 g/mol. The first kappa shape index (κ1) is 22.9. The second-order valence-electron chi connectivity index (χ2n) is 8.55. The lowest BCUT2D eigenvalue weighted by Gasteiger charge is -2.27. The quantitative estimate of drug-likeness (QED) is 0.590. The van der Waals surface area contributed by atoms with Gasteiger partial charge in [-0.1, -0.05) is 5.16 Å². The Labute approximate surface area is 198 Å². The fraction of sp³-hybridized carbons (Fsp3) is 0.391. The van der Waals surface area contributed by atoms with Crippen LogP contribution in [0.4, 0.5) is 23.7 Å². The van der Waals surface area contributed by atoms with Crippen molar-refractivity contribution in [1.29, 1.82) is 5.26 Å². The highest BCUT2D eigenvalue weighted by molar-refractivity contribution is 5.90. The average molecular weight is 486 g/mol. The van der Waals surface area contributed by atoms with Gasteiger partial charge in [-0.3, -0.25) is 4.68 Å². The Morgan fingerprint density at radius 3 is 3.06 bits per heavy atom. The van der Waals surface area contributed by atoms with E-state index in [-0.39, 0.29) is 24.6 Å². The summed E-state index contributed by atoms with van der Waals surface area (Å²) in [5.41, 5.74) is 4.03. The number of aromatic nitrogens is 3. The summed E-state index contributed by atoms with van der Waals surface area (Å²) in [7, 11) is 0. The normalized spacial score (nSPS) is 16.8. The zero-order valence-electron chi connectivity index (χ0n) is 18.5. The zero-order chi connectivity index (χ0) is 24.5. The summed E-state index contributed by atoms with van der Waals surface area (Å²) in [4.78, 5) is 14.5. The molecule has 9 nitrogen and oxygen atoms in total. The topological polar surface area (TPSA) is 109 Å². The lowest BCUT2D eigenvalue weighted by Crippen LogP contribution is -2.38. The van der Waals surface area contributed by atoms with Crippen LogP contribution in [0.2, 0.25) is 0 Å². The maximum atomic E-state index is 13.6. The number of hydrogen-bond acceptors (Lipinski definition) is 6. The molecule has 0 saturated heterocycles. The molecule has 1 N–H and O–H groups in total. The van der Waals surface area contributed by atoms with Gasteiger partial charge in [-0.2, -0.15) is 10.4 Å². The Balaban J connectivity index is 1.37. The molecule has 2 aliphatic rings. The molecule has 35 heavy (non-hydrogen) atoms. The molecule has 0 aliphatic carbocycles. The third kappa shape index (κ3) is 4.59. The monoisotopic (exact) mass is 486 g/mol. The van der Waals surface area contributed by atoms with E-state index in [0.717, 1.165) is 28.6 Å². The number of nitrogens with one attached hydrogen (secondary N) is 1. The lowest BCUT2D eigenvalue weighted by atomic mass is 9.99. The van der Waals surface area contributed by atoms with Gasteiger partial charge in [0.2, 0.25) is 0 Å². The van der Waals surface area contributed by atoms with Gasteiger partial charge >= 0.3 is 6.03 Å². The standard InChI is InChI=1S/C23H21F3N6O3/c24-18-2-1-16(6-14(18)7-27)28-23(33)31-4-3-19-17(9-31)22-21-15(11-35-30-21)5-13(8-32(22)29-19)10-34-12-20(25)26/h1-2,6,11,13,20H,3-5,8-10,12H2,(H,28,33). The molecule has 1 aromatic carbocycles. The van der Waals surface area contributed by atoms with Crippen LogP contribution in [0.3, 0.4) is 0 Å². The molecule has 4 heterocycles. The largest absolute Gasteiger partial charge is 0.375 e. The molecule has 12 heteroatoms. The summed E-state index contributed by atoms with van der Waals surface area (Å²) < 4.78 is 50.8. The average Bonchev–Trinajstić information content (AvgIpc) is 3.39. The van der Waals surface area contributed by atoms with E-state index in [4.69, 9.17) is 19.6 Å². The van der Waals surface area contributed by atoms with Crippen LogP contribution >= 0.6 is 0 Å². The van der Waals surface area contributed by atoms with Gasteiger partial charge in [0.25, 0.3) is 6.43 Å². The summed E-state index contributed by atoms with van der Waals surface area (Å²) in [6, 6.07) is 5.18. The number of benzene rings is 1. The number of hydrogen-bond donors (Lipinski definition) is 1. The van der Waals surface area contributed by atoms with E-state index in [1.54, 1.807) is 21.9 Å². The number of carbonyl (C=O) groups is 1. The van der Waals surface area contributed by atoms with Crippen LogP contribution < -0.4 is 5.32 Å². The minimum Gasteiger partial charge on any atom is -0.375 e. The van der Waals surface area contributed by atoms with Gasteiger partial charge < -0.3 is 19.5 Å². The van der Waals surface area contributed by atoms with E-state index < -0.39 is 24.9 Å². The molecular formula is C23H21F3N6O3. The fourth-order valence-electron chi connectivity index (χ4n) is 4.54. The van der Waals surface area contributed by atoms with Gasteiger partial charge in [-0.25, -0.2) is 18.0 Å². The van der Waals surface area contributed by atoms with Crippen molar-refractivity contribution in [1.82, 2.24) is 19.8 Å². The van der Waals surface area contributed by atoms with E-state index in [9.17, 15) is 18.0 Å². The first-order chi connectivity index (χ1) is 16.9. The van der Waals surface area contributed by atoms with Crippen molar-refractivity contribution < 1.29 is 27.2 Å². The fourth-order valence-corrected chi connectivity index (χ4v) is 4.54. The molecule has 2 amide bonds. The van der Waals surface area contributed by atoms with Gasteiger partial charge in [0.15, 0.2) is 0 Å². The van der Waals surface area contributed by atoms with Crippen molar-refractivity contribution in [3.63, 3.8) is 0 Å². The van der Waals surface area contributed by atoms with Crippen LogP contribution in [0.25, 0.3) is 11.4 Å². The Morgan fingerprint density at radius 1 is 1.40 bits per heavy atom. The highest BCUT2D eigenvalue weighted by Crippen LogP contribution is 2.36. The molecule has 182 valence electrons. The zero-order valence-corrected chi connectivity index (χ0v) is 18.5. The Kier molecular flexibility index (Phi) is 6.17. The van der Waals surface area contributed by atoms with E-state index in [0.29, 0.717) is 37.3 Å². The molecule has 3 aromatic rings. The van der Waals surface area contributed by atoms with E-state index in [1.165, 1.54) is 12.1 Å². The molecule has 0 spiro atoms. The number of amides is 2. The summed E-state index contributed by atoms with van der Waals surface area (Å²) in [5.74, 6) is -0.751. The number of nitriles is 1. The van der Waals surface area contributed by atoms with Gasteiger partial charge in [0.1, 0.15) is 30.5 Å². The van der Waals surface area contributed by atoms with Gasteiger partial charge in [-0.05, 0) is 24.6 Å². The molecule has 1 unspecified atom stereocenters. The second kappa shape index (κ2) is 9.42. The lowest BCUT2D eigenvalue weighted by molar-refractivity contribution is 0.00164. The number of rotatable bonds is 5. The summed E-state index contributed by atoms with van der Waals surface area (Å²) >= 11 is 0. The number of nitrogens with zero attached hydrogens (tertiary/aromatic N) is 5. The Morgan fingerprint density at radius 2 is 2.26 bits per heavy atom. The van der Waals surface area contributed by atoms with E-state index in [2.05, 4.69) is 10.5 Å². The predicted molar refractivity (Wildman–Crippen MR) is 116 cm³/mol. The second-order valence-corrected chi connectivity index (χ2v) is 8.55. The smallest absolute Gasteiger partial charge is 0.322 e. The first-order valence-electron chi connectivity index (χ1n) is 11.1. The maximum Gasteiger partial charge on any atom is 0.322 e. The molecule has 5 rings (SSSR count). The van der Waals surface area contributed by atoms with Crippen LogP contribution in [-0.4, -0.2) is 52.1 Å². The number of urea groups is 1. The number of carbonyl (C=O) groups excluding carboxylic acids is 1. The van der Waals surface area contributed by atoms with Crippen LogP contribution in [0.5, 0.6) is 0 Å². The van der Waals surface area contributed by atoms with Gasteiger partial charge in [-0.15, -0.1) is 0 Å². The van der Waals surface area contributed by atoms with Crippen LogP contribution in [-0.2, 0) is 30.7 Å². The third-order valence-corrected chi connectivity index (χ3v) is 6.13.